The van der Waals surface area contributed by atoms with E-state index in [1.165, 1.54) is 32.1 Å². The summed E-state index contributed by atoms with van der Waals surface area (Å²) in [6, 6.07) is 0.617. The third-order valence-electron chi connectivity index (χ3n) is 3.62. The Hall–Kier alpha value is -0.150. The first-order valence-corrected chi connectivity index (χ1v) is 5.83. The molecule has 2 unspecified atom stereocenters. The molecule has 1 saturated heterocycles. The molecule has 1 heterocycles. The number of rotatable bonds is 1. The second-order valence-electron chi connectivity index (χ2n) is 4.66. The van der Waals surface area contributed by atoms with Crippen molar-refractivity contribution >= 4 is 0 Å². The van der Waals surface area contributed by atoms with Gasteiger partial charge in [0.15, 0.2) is 0 Å². The molecule has 0 aromatic heterocycles. The molecule has 2 rings (SSSR count). The van der Waals surface area contributed by atoms with Crippen molar-refractivity contribution in [3.05, 3.63) is 0 Å². The maximum atomic E-state index is 13.0. The zero-order valence-corrected chi connectivity index (χ0v) is 8.66. The monoisotopic (exact) mass is 201 g/mol. The SMILES string of the molecule is OC1CN(C2CCCCC2)CCC1F. The third-order valence-corrected chi connectivity index (χ3v) is 3.62. The summed E-state index contributed by atoms with van der Waals surface area (Å²) in [6.45, 7) is 1.38. The Labute approximate surface area is 85.1 Å². The second-order valence-corrected chi connectivity index (χ2v) is 4.66. The van der Waals surface area contributed by atoms with Crippen LogP contribution in [0.25, 0.3) is 0 Å². The van der Waals surface area contributed by atoms with E-state index in [0.29, 0.717) is 19.0 Å². The van der Waals surface area contributed by atoms with Crippen molar-refractivity contribution in [3.63, 3.8) is 0 Å². The summed E-state index contributed by atoms with van der Waals surface area (Å²) in [4.78, 5) is 2.29. The first-order valence-electron chi connectivity index (χ1n) is 5.83. The average molecular weight is 201 g/mol. The average Bonchev–Trinajstić information content (AvgIpc) is 2.23. The van der Waals surface area contributed by atoms with Gasteiger partial charge in [-0.05, 0) is 19.3 Å². The summed E-state index contributed by atoms with van der Waals surface area (Å²) in [6.07, 6.45) is 5.21. The highest BCUT2D eigenvalue weighted by atomic mass is 19.1. The number of β-amino-alcohol motifs (C(OH)–C–C–N with tert-alkyl or cyclic N) is 1. The highest BCUT2D eigenvalue weighted by Crippen LogP contribution is 2.26. The van der Waals surface area contributed by atoms with Crippen molar-refractivity contribution in [2.24, 2.45) is 0 Å². The smallest absolute Gasteiger partial charge is 0.128 e. The van der Waals surface area contributed by atoms with Gasteiger partial charge in [0.2, 0.25) is 0 Å². The van der Waals surface area contributed by atoms with Crippen LogP contribution < -0.4 is 0 Å². The molecule has 0 radical (unpaired) electrons. The predicted molar refractivity (Wildman–Crippen MR) is 54.0 cm³/mol. The van der Waals surface area contributed by atoms with Gasteiger partial charge in [-0.3, -0.25) is 4.90 Å². The Morgan fingerprint density at radius 3 is 2.43 bits per heavy atom. The van der Waals surface area contributed by atoms with Crippen LogP contribution in [-0.2, 0) is 0 Å². The molecule has 2 fully saturated rings. The number of aliphatic hydroxyl groups excluding tert-OH is 1. The zero-order chi connectivity index (χ0) is 9.97. The van der Waals surface area contributed by atoms with Crippen molar-refractivity contribution in [1.29, 1.82) is 0 Å². The Kier molecular flexibility index (Phi) is 3.39. The number of likely N-dealkylation sites (tertiary alicyclic amines) is 1. The number of nitrogens with zero attached hydrogens (tertiary/aromatic N) is 1. The van der Waals surface area contributed by atoms with E-state index in [1.807, 2.05) is 0 Å². The zero-order valence-electron chi connectivity index (χ0n) is 8.66. The Morgan fingerprint density at radius 1 is 1.07 bits per heavy atom. The molecule has 82 valence electrons. The van der Waals surface area contributed by atoms with E-state index in [0.717, 1.165) is 6.54 Å². The van der Waals surface area contributed by atoms with Gasteiger partial charge in [-0.2, -0.15) is 0 Å². The fraction of sp³-hybridized carbons (Fsp3) is 1.00. The summed E-state index contributed by atoms with van der Waals surface area (Å²) >= 11 is 0. The topological polar surface area (TPSA) is 23.5 Å². The summed E-state index contributed by atoms with van der Waals surface area (Å²) < 4.78 is 13.0. The number of halogens is 1. The predicted octanol–water partition coefficient (Wildman–Crippen LogP) is 1.72. The van der Waals surface area contributed by atoms with Gasteiger partial charge in [-0.1, -0.05) is 19.3 Å². The molecular weight excluding hydrogens is 181 g/mol. The van der Waals surface area contributed by atoms with Crippen LogP contribution in [0.15, 0.2) is 0 Å². The molecule has 0 amide bonds. The highest BCUT2D eigenvalue weighted by molar-refractivity contribution is 4.85. The van der Waals surface area contributed by atoms with Crippen LogP contribution in [0.1, 0.15) is 38.5 Å². The molecule has 3 heteroatoms. The van der Waals surface area contributed by atoms with Crippen molar-refractivity contribution in [2.75, 3.05) is 13.1 Å². The van der Waals surface area contributed by atoms with E-state index in [1.54, 1.807) is 0 Å². The molecule has 14 heavy (non-hydrogen) atoms. The van der Waals surface area contributed by atoms with E-state index in [-0.39, 0.29) is 0 Å². The molecule has 0 bridgehead atoms. The standard InChI is InChI=1S/C11H20FNO/c12-10-6-7-13(8-11(10)14)9-4-2-1-3-5-9/h9-11,14H,1-8H2. The van der Waals surface area contributed by atoms with Crippen LogP contribution >= 0.6 is 0 Å². The van der Waals surface area contributed by atoms with Crippen LogP contribution in [-0.4, -0.2) is 41.4 Å². The number of hydrogen-bond donors (Lipinski definition) is 1. The summed E-state index contributed by atoms with van der Waals surface area (Å²) in [5.74, 6) is 0. The Bertz CT molecular complexity index is 182. The lowest BCUT2D eigenvalue weighted by Crippen LogP contribution is -2.49. The van der Waals surface area contributed by atoms with Crippen LogP contribution in [0.2, 0.25) is 0 Å². The normalized spacial score (nSPS) is 37.3. The van der Waals surface area contributed by atoms with Gasteiger partial charge in [0.25, 0.3) is 0 Å². The minimum absolute atomic E-state index is 0.512. The molecule has 0 aromatic carbocycles. The molecule has 2 atom stereocenters. The minimum atomic E-state index is -0.991. The molecular formula is C11H20FNO. The fourth-order valence-electron chi connectivity index (χ4n) is 2.71. The van der Waals surface area contributed by atoms with Gasteiger partial charge in [-0.15, -0.1) is 0 Å². The molecule has 1 aliphatic heterocycles. The van der Waals surface area contributed by atoms with Crippen molar-refractivity contribution in [3.8, 4) is 0 Å². The van der Waals surface area contributed by atoms with Crippen LogP contribution in [0.3, 0.4) is 0 Å². The summed E-state index contributed by atoms with van der Waals surface area (Å²) in [5, 5.41) is 9.46. The van der Waals surface area contributed by atoms with Gasteiger partial charge in [0.1, 0.15) is 6.17 Å². The Morgan fingerprint density at radius 2 is 1.79 bits per heavy atom. The largest absolute Gasteiger partial charge is 0.389 e. The first-order chi connectivity index (χ1) is 6.77. The third kappa shape index (κ3) is 2.26. The second kappa shape index (κ2) is 4.58. The lowest BCUT2D eigenvalue weighted by atomic mass is 9.92. The lowest BCUT2D eigenvalue weighted by Gasteiger charge is -2.39. The van der Waals surface area contributed by atoms with Crippen molar-refractivity contribution < 1.29 is 9.50 Å². The fourth-order valence-corrected chi connectivity index (χ4v) is 2.71. The first kappa shape index (κ1) is 10.4. The van der Waals surface area contributed by atoms with E-state index >= 15 is 0 Å². The molecule has 1 aliphatic carbocycles. The Balaban J connectivity index is 1.85. The minimum Gasteiger partial charge on any atom is -0.389 e. The van der Waals surface area contributed by atoms with E-state index < -0.39 is 12.3 Å². The maximum Gasteiger partial charge on any atom is 0.128 e. The number of aliphatic hydroxyl groups is 1. The summed E-state index contributed by atoms with van der Waals surface area (Å²) in [7, 11) is 0. The quantitative estimate of drug-likeness (QED) is 0.698. The molecule has 2 nitrogen and oxygen atoms in total. The molecule has 0 aromatic rings. The van der Waals surface area contributed by atoms with Crippen molar-refractivity contribution in [2.45, 2.75) is 56.8 Å². The van der Waals surface area contributed by atoms with E-state index in [2.05, 4.69) is 4.90 Å². The number of alkyl halides is 1. The van der Waals surface area contributed by atoms with E-state index in [9.17, 15) is 9.50 Å². The van der Waals surface area contributed by atoms with Crippen molar-refractivity contribution in [1.82, 2.24) is 4.90 Å². The van der Waals surface area contributed by atoms with Crippen LogP contribution in [0, 0.1) is 0 Å². The van der Waals surface area contributed by atoms with Gasteiger partial charge >= 0.3 is 0 Å². The van der Waals surface area contributed by atoms with E-state index in [4.69, 9.17) is 0 Å². The van der Waals surface area contributed by atoms with Gasteiger partial charge < -0.3 is 5.11 Å². The molecule has 1 saturated carbocycles. The number of piperidine rings is 1. The molecule has 1 N–H and O–H groups in total. The van der Waals surface area contributed by atoms with Crippen LogP contribution in [0.5, 0.6) is 0 Å². The van der Waals surface area contributed by atoms with Gasteiger partial charge in [0, 0.05) is 19.1 Å². The lowest BCUT2D eigenvalue weighted by molar-refractivity contribution is -0.0174. The molecule has 0 spiro atoms. The van der Waals surface area contributed by atoms with Gasteiger partial charge in [0.05, 0.1) is 6.10 Å². The van der Waals surface area contributed by atoms with Crippen LogP contribution in [0.4, 0.5) is 4.39 Å². The highest BCUT2D eigenvalue weighted by Gasteiger charge is 2.31. The number of hydrogen-bond acceptors (Lipinski definition) is 2. The molecule has 2 aliphatic rings. The van der Waals surface area contributed by atoms with Gasteiger partial charge in [-0.25, -0.2) is 4.39 Å². The summed E-state index contributed by atoms with van der Waals surface area (Å²) in [5.41, 5.74) is 0. The maximum absolute atomic E-state index is 13.0.